The molecule has 1 aromatic heterocycles. The largest absolute Gasteiger partial charge is 0.338 e. The summed E-state index contributed by atoms with van der Waals surface area (Å²) < 4.78 is 0. The van der Waals surface area contributed by atoms with Crippen molar-refractivity contribution in [2.45, 2.75) is 32.4 Å². The molecule has 0 saturated heterocycles. The molecule has 17 heavy (non-hydrogen) atoms. The molecule has 0 saturated carbocycles. The first-order valence-electron chi connectivity index (χ1n) is 5.63. The molecule has 1 unspecified atom stereocenters. The van der Waals surface area contributed by atoms with Gasteiger partial charge >= 0.3 is 0 Å². The summed E-state index contributed by atoms with van der Waals surface area (Å²) in [4.78, 5) is 15.9. The van der Waals surface area contributed by atoms with E-state index in [-0.39, 0.29) is 11.9 Å². The first kappa shape index (κ1) is 13.2. The van der Waals surface area contributed by atoms with Crippen molar-refractivity contribution in [2.75, 3.05) is 0 Å². The summed E-state index contributed by atoms with van der Waals surface area (Å²) in [5, 5.41) is 2.79. The lowest BCUT2D eigenvalue weighted by molar-refractivity contribution is 0.0944. The van der Waals surface area contributed by atoms with E-state index in [0.717, 1.165) is 12.8 Å². The molecule has 0 aromatic carbocycles. The van der Waals surface area contributed by atoms with E-state index >= 15 is 0 Å². The van der Waals surface area contributed by atoms with Gasteiger partial charge in [0, 0.05) is 18.3 Å². The molecule has 4 heteroatoms. The molecular weight excluding hydrogens is 214 g/mol. The Morgan fingerprint density at radius 2 is 2.47 bits per heavy atom. The van der Waals surface area contributed by atoms with Crippen molar-refractivity contribution in [1.29, 1.82) is 0 Å². The summed E-state index contributed by atoms with van der Waals surface area (Å²) in [7, 11) is 0. The van der Waals surface area contributed by atoms with Crippen molar-refractivity contribution in [3.8, 4) is 12.3 Å². The number of terminal acetylenes is 1. The SMILES string of the molecule is C#CC(CCC)NC(=O)c1ccnc(CN)c1. The number of nitrogens with zero attached hydrogens (tertiary/aromatic N) is 1. The Labute approximate surface area is 102 Å². The molecule has 0 spiro atoms. The minimum absolute atomic E-state index is 0.182. The number of hydrogen-bond acceptors (Lipinski definition) is 3. The van der Waals surface area contributed by atoms with Crippen LogP contribution < -0.4 is 11.1 Å². The fourth-order valence-electron chi connectivity index (χ4n) is 1.46. The molecule has 1 atom stereocenters. The Bertz CT molecular complexity index is 423. The van der Waals surface area contributed by atoms with Crippen LogP contribution in [0, 0.1) is 12.3 Å². The van der Waals surface area contributed by atoms with Gasteiger partial charge in [-0.1, -0.05) is 19.3 Å². The van der Waals surface area contributed by atoms with Crippen LogP contribution in [0.5, 0.6) is 0 Å². The quantitative estimate of drug-likeness (QED) is 0.745. The summed E-state index contributed by atoms with van der Waals surface area (Å²) in [6.45, 7) is 2.34. The Morgan fingerprint density at radius 3 is 3.06 bits per heavy atom. The highest BCUT2D eigenvalue weighted by atomic mass is 16.1. The van der Waals surface area contributed by atoms with Crippen LogP contribution in [0.3, 0.4) is 0 Å². The van der Waals surface area contributed by atoms with Gasteiger partial charge in [-0.25, -0.2) is 0 Å². The maximum atomic E-state index is 11.9. The van der Waals surface area contributed by atoms with Crippen LogP contribution >= 0.6 is 0 Å². The van der Waals surface area contributed by atoms with Gasteiger partial charge in [0.2, 0.25) is 0 Å². The fourth-order valence-corrected chi connectivity index (χ4v) is 1.46. The summed E-state index contributed by atoms with van der Waals surface area (Å²) in [6, 6.07) is 3.10. The van der Waals surface area contributed by atoms with Crippen molar-refractivity contribution >= 4 is 5.91 Å². The van der Waals surface area contributed by atoms with Gasteiger partial charge in [0.25, 0.3) is 5.91 Å². The molecule has 0 radical (unpaired) electrons. The van der Waals surface area contributed by atoms with E-state index in [9.17, 15) is 4.79 Å². The molecule has 90 valence electrons. The monoisotopic (exact) mass is 231 g/mol. The zero-order valence-electron chi connectivity index (χ0n) is 9.94. The number of nitrogens with two attached hydrogens (primary N) is 1. The second-order valence-electron chi connectivity index (χ2n) is 3.72. The number of aromatic nitrogens is 1. The molecule has 4 nitrogen and oxygen atoms in total. The van der Waals surface area contributed by atoms with Crippen LogP contribution in [0.2, 0.25) is 0 Å². The van der Waals surface area contributed by atoms with Crippen molar-refractivity contribution in [2.24, 2.45) is 5.73 Å². The average molecular weight is 231 g/mol. The van der Waals surface area contributed by atoms with Gasteiger partial charge in [-0.2, -0.15) is 0 Å². The minimum Gasteiger partial charge on any atom is -0.338 e. The molecule has 0 bridgehead atoms. The first-order chi connectivity index (χ1) is 8.21. The second kappa shape index (κ2) is 6.66. The molecule has 0 aliphatic carbocycles. The number of carbonyl (C=O) groups excluding carboxylic acids is 1. The third-order valence-electron chi connectivity index (χ3n) is 2.37. The topological polar surface area (TPSA) is 68.0 Å². The van der Waals surface area contributed by atoms with Crippen molar-refractivity contribution < 1.29 is 4.79 Å². The van der Waals surface area contributed by atoms with E-state index in [1.807, 2.05) is 6.92 Å². The van der Waals surface area contributed by atoms with Crippen LogP contribution in [0.25, 0.3) is 0 Å². The molecule has 0 fully saturated rings. The van der Waals surface area contributed by atoms with Crippen molar-refractivity contribution in [1.82, 2.24) is 10.3 Å². The maximum Gasteiger partial charge on any atom is 0.252 e. The number of amides is 1. The Balaban J connectivity index is 2.72. The predicted molar refractivity (Wildman–Crippen MR) is 67.1 cm³/mol. The van der Waals surface area contributed by atoms with E-state index in [0.29, 0.717) is 17.8 Å². The van der Waals surface area contributed by atoms with E-state index in [1.54, 1.807) is 18.3 Å². The lowest BCUT2D eigenvalue weighted by Crippen LogP contribution is -2.33. The van der Waals surface area contributed by atoms with E-state index in [1.165, 1.54) is 0 Å². The van der Waals surface area contributed by atoms with Crippen molar-refractivity contribution in [3.05, 3.63) is 29.6 Å². The minimum atomic E-state index is -0.220. The summed E-state index contributed by atoms with van der Waals surface area (Å²) in [6.07, 6.45) is 8.62. The van der Waals surface area contributed by atoms with Gasteiger partial charge in [0.05, 0.1) is 11.7 Å². The third-order valence-corrected chi connectivity index (χ3v) is 2.37. The van der Waals surface area contributed by atoms with Crippen LogP contribution in [0.4, 0.5) is 0 Å². The lowest BCUT2D eigenvalue weighted by atomic mass is 10.1. The van der Waals surface area contributed by atoms with Gasteiger partial charge in [-0.05, 0) is 18.6 Å². The fraction of sp³-hybridized carbons (Fsp3) is 0.385. The summed E-state index contributed by atoms with van der Waals surface area (Å²) >= 11 is 0. The van der Waals surface area contributed by atoms with E-state index < -0.39 is 0 Å². The molecule has 1 aromatic rings. The number of nitrogens with one attached hydrogen (secondary N) is 1. The highest BCUT2D eigenvalue weighted by Crippen LogP contribution is 2.03. The Morgan fingerprint density at radius 1 is 1.71 bits per heavy atom. The molecule has 1 heterocycles. The van der Waals surface area contributed by atoms with Gasteiger partial charge in [-0.3, -0.25) is 9.78 Å². The third kappa shape index (κ3) is 3.89. The number of hydrogen-bond donors (Lipinski definition) is 2. The van der Waals surface area contributed by atoms with Gasteiger partial charge in [0.15, 0.2) is 0 Å². The van der Waals surface area contributed by atoms with Gasteiger partial charge in [0.1, 0.15) is 0 Å². The number of pyridine rings is 1. The normalized spacial score (nSPS) is 11.6. The highest BCUT2D eigenvalue weighted by molar-refractivity contribution is 5.94. The summed E-state index contributed by atoms with van der Waals surface area (Å²) in [5.74, 6) is 2.38. The van der Waals surface area contributed by atoms with Crippen LogP contribution in [-0.2, 0) is 6.54 Å². The predicted octanol–water partition coefficient (Wildman–Crippen LogP) is 1.07. The maximum absolute atomic E-state index is 11.9. The molecule has 3 N–H and O–H groups in total. The number of carbonyl (C=O) groups is 1. The van der Waals surface area contributed by atoms with Gasteiger partial charge in [-0.15, -0.1) is 6.42 Å². The van der Waals surface area contributed by atoms with Crippen molar-refractivity contribution in [3.63, 3.8) is 0 Å². The zero-order valence-corrected chi connectivity index (χ0v) is 9.94. The smallest absolute Gasteiger partial charge is 0.252 e. The van der Waals surface area contributed by atoms with Crippen LogP contribution in [0.15, 0.2) is 18.3 Å². The van der Waals surface area contributed by atoms with Crippen LogP contribution in [-0.4, -0.2) is 16.9 Å². The molecule has 1 amide bonds. The standard InChI is InChI=1S/C13H17N3O/c1-3-5-11(4-2)16-13(17)10-6-7-15-12(8-10)9-14/h2,6-8,11H,3,5,9,14H2,1H3,(H,16,17). The first-order valence-corrected chi connectivity index (χ1v) is 5.63. The van der Waals surface area contributed by atoms with E-state index in [4.69, 9.17) is 12.2 Å². The molecule has 0 aliphatic rings. The average Bonchev–Trinajstić information content (AvgIpc) is 2.38. The highest BCUT2D eigenvalue weighted by Gasteiger charge is 2.11. The second-order valence-corrected chi connectivity index (χ2v) is 3.72. The summed E-state index contributed by atoms with van der Waals surface area (Å²) in [5.41, 5.74) is 6.69. The Hall–Kier alpha value is -1.86. The number of rotatable bonds is 5. The Kier molecular flexibility index (Phi) is 5.18. The van der Waals surface area contributed by atoms with E-state index in [2.05, 4.69) is 16.2 Å². The molecule has 0 aliphatic heterocycles. The van der Waals surface area contributed by atoms with Crippen LogP contribution in [0.1, 0.15) is 35.8 Å². The zero-order chi connectivity index (χ0) is 12.7. The lowest BCUT2D eigenvalue weighted by Gasteiger charge is -2.12. The molecule has 1 rings (SSSR count). The molecular formula is C13H17N3O. The van der Waals surface area contributed by atoms with Gasteiger partial charge < -0.3 is 11.1 Å².